The fourth-order valence-electron chi connectivity index (χ4n) is 2.21. The molecule has 0 unspecified atom stereocenters. The van der Waals surface area contributed by atoms with Gasteiger partial charge in [-0.05, 0) is 12.5 Å². The summed E-state index contributed by atoms with van der Waals surface area (Å²) in [6, 6.07) is 5.75. The Kier molecular flexibility index (Phi) is 5.49. The molecule has 0 radical (unpaired) electrons. The van der Waals surface area contributed by atoms with Gasteiger partial charge in [-0.25, -0.2) is 9.78 Å². The highest BCUT2D eigenvalue weighted by molar-refractivity contribution is 6.41. The van der Waals surface area contributed by atoms with Crippen molar-refractivity contribution >= 4 is 17.5 Å². The average molecular weight is 366 g/mol. The average Bonchev–Trinajstić information content (AvgIpc) is 2.60. The van der Waals surface area contributed by atoms with Gasteiger partial charge in [0.2, 0.25) is 0 Å². The summed E-state index contributed by atoms with van der Waals surface area (Å²) in [6.07, 6.45) is -4.22. The molecular weight excluding hydrogens is 353 g/mol. The number of aryl methyl sites for hydroxylation is 1. The van der Waals surface area contributed by atoms with Crippen LogP contribution in [0, 0.1) is 6.92 Å². The molecule has 1 heterocycles. The first-order valence-corrected chi connectivity index (χ1v) is 7.29. The second kappa shape index (κ2) is 7.42. The van der Waals surface area contributed by atoms with E-state index in [2.05, 4.69) is 14.7 Å². The molecule has 0 atom stereocenters. The second-order valence-corrected chi connectivity index (χ2v) is 5.26. The van der Waals surface area contributed by atoms with Gasteiger partial charge in [0.25, 0.3) is 5.78 Å². The molecule has 0 amide bonds. The van der Waals surface area contributed by atoms with E-state index >= 15 is 0 Å². The summed E-state index contributed by atoms with van der Waals surface area (Å²) in [5, 5.41) is 0. The third kappa shape index (κ3) is 4.11. The summed E-state index contributed by atoms with van der Waals surface area (Å²) in [5.74, 6) is -2.84. The first-order valence-electron chi connectivity index (χ1n) is 7.29. The molecule has 0 fully saturated rings. The van der Waals surface area contributed by atoms with Crippen LogP contribution in [0.25, 0.3) is 0 Å². The van der Waals surface area contributed by atoms with Gasteiger partial charge < -0.3 is 4.74 Å². The number of Topliss-reactive ketones (excluding diaryl/α,β-unsaturated/α-hetero) is 2. The summed E-state index contributed by atoms with van der Waals surface area (Å²) in [7, 11) is 1.04. The zero-order valence-electron chi connectivity index (χ0n) is 13.8. The van der Waals surface area contributed by atoms with Gasteiger partial charge in [0.15, 0.2) is 11.5 Å². The number of alkyl halides is 3. The number of rotatable bonds is 5. The van der Waals surface area contributed by atoms with Crippen molar-refractivity contribution in [3.63, 3.8) is 0 Å². The van der Waals surface area contributed by atoms with E-state index in [-0.39, 0.29) is 16.8 Å². The number of hydrogen-bond donors (Lipinski definition) is 0. The third-order valence-electron chi connectivity index (χ3n) is 3.49. The molecular formula is C17H13F3N2O4. The van der Waals surface area contributed by atoms with Crippen LogP contribution in [-0.2, 0) is 22.1 Å². The lowest BCUT2D eigenvalue weighted by molar-refractivity contribution is -0.142. The van der Waals surface area contributed by atoms with Crippen molar-refractivity contribution in [2.75, 3.05) is 7.11 Å². The number of esters is 1. The maximum Gasteiger partial charge on any atom is 0.435 e. The molecule has 0 aliphatic heterocycles. The van der Waals surface area contributed by atoms with Crippen molar-refractivity contribution in [1.29, 1.82) is 0 Å². The van der Waals surface area contributed by atoms with Crippen molar-refractivity contribution in [1.82, 2.24) is 9.97 Å². The Morgan fingerprint density at radius 2 is 1.81 bits per heavy atom. The highest BCUT2D eigenvalue weighted by Gasteiger charge is 2.36. The number of benzene rings is 1. The van der Waals surface area contributed by atoms with Gasteiger partial charge in [0, 0.05) is 12.0 Å². The van der Waals surface area contributed by atoms with Crippen molar-refractivity contribution in [2.24, 2.45) is 0 Å². The molecule has 6 nitrogen and oxygen atoms in total. The Morgan fingerprint density at radius 3 is 2.42 bits per heavy atom. The summed E-state index contributed by atoms with van der Waals surface area (Å²) in [5.41, 5.74) is -1.98. The number of methoxy groups -OCH3 is 1. The zero-order chi connectivity index (χ0) is 19.5. The second-order valence-electron chi connectivity index (χ2n) is 5.26. The molecule has 0 saturated heterocycles. The van der Waals surface area contributed by atoms with Crippen LogP contribution in [0.3, 0.4) is 0 Å². The van der Waals surface area contributed by atoms with Gasteiger partial charge in [0.05, 0.1) is 19.0 Å². The number of nitrogens with zero attached hydrogens (tertiary/aromatic N) is 2. The van der Waals surface area contributed by atoms with Crippen molar-refractivity contribution in [3.8, 4) is 0 Å². The van der Waals surface area contributed by atoms with Crippen molar-refractivity contribution < 1.29 is 32.3 Å². The van der Waals surface area contributed by atoms with Crippen LogP contribution < -0.4 is 0 Å². The van der Waals surface area contributed by atoms with Crippen LogP contribution in [-0.4, -0.2) is 34.6 Å². The summed E-state index contributed by atoms with van der Waals surface area (Å²) in [4.78, 5) is 42.6. The van der Waals surface area contributed by atoms with Crippen LogP contribution >= 0.6 is 0 Å². The molecule has 26 heavy (non-hydrogen) atoms. The molecule has 0 spiro atoms. The third-order valence-corrected chi connectivity index (χ3v) is 3.49. The van der Waals surface area contributed by atoms with E-state index in [9.17, 15) is 27.6 Å². The molecule has 1 aromatic carbocycles. The van der Waals surface area contributed by atoms with E-state index in [0.717, 1.165) is 20.2 Å². The maximum absolute atomic E-state index is 12.9. The Bertz CT molecular complexity index is 879. The molecule has 9 heteroatoms. The topological polar surface area (TPSA) is 86.2 Å². The number of aromatic nitrogens is 2. The SMILES string of the molecule is COC(=O)C(=O)c1ccccc1CC(=O)c1cnc(C)c(C(F)(F)F)n1. The van der Waals surface area contributed by atoms with Gasteiger partial charge >= 0.3 is 12.1 Å². The van der Waals surface area contributed by atoms with E-state index in [4.69, 9.17) is 0 Å². The fraction of sp³-hybridized carbons (Fsp3) is 0.235. The van der Waals surface area contributed by atoms with E-state index in [1.54, 1.807) is 0 Å². The highest BCUT2D eigenvalue weighted by atomic mass is 19.4. The Hall–Kier alpha value is -3.10. The largest absolute Gasteiger partial charge is 0.463 e. The first kappa shape index (κ1) is 19.2. The Morgan fingerprint density at radius 1 is 1.15 bits per heavy atom. The van der Waals surface area contributed by atoms with E-state index in [1.165, 1.54) is 24.3 Å². The quantitative estimate of drug-likeness (QED) is 0.459. The minimum atomic E-state index is -4.74. The highest BCUT2D eigenvalue weighted by Crippen LogP contribution is 2.29. The molecule has 0 bridgehead atoms. The number of carbonyl (C=O) groups is 3. The zero-order valence-corrected chi connectivity index (χ0v) is 13.8. The van der Waals surface area contributed by atoms with Gasteiger partial charge in [0.1, 0.15) is 5.69 Å². The molecule has 0 saturated carbocycles. The lowest BCUT2D eigenvalue weighted by atomic mass is 9.98. The van der Waals surface area contributed by atoms with Gasteiger partial charge in [-0.1, -0.05) is 24.3 Å². The summed E-state index contributed by atoms with van der Waals surface area (Å²) < 4.78 is 43.1. The van der Waals surface area contributed by atoms with Gasteiger partial charge in [-0.15, -0.1) is 0 Å². The number of ether oxygens (including phenoxy) is 1. The summed E-state index contributed by atoms with van der Waals surface area (Å²) in [6.45, 7) is 1.13. The van der Waals surface area contributed by atoms with Crippen LogP contribution in [0.15, 0.2) is 30.5 Å². The molecule has 1 aromatic heterocycles. The van der Waals surface area contributed by atoms with Crippen LogP contribution in [0.5, 0.6) is 0 Å². The van der Waals surface area contributed by atoms with E-state index < -0.39 is 41.5 Å². The molecule has 0 aliphatic carbocycles. The molecule has 2 rings (SSSR count). The maximum atomic E-state index is 12.9. The van der Waals surface area contributed by atoms with Gasteiger partial charge in [-0.2, -0.15) is 13.2 Å². The molecule has 0 N–H and O–H groups in total. The van der Waals surface area contributed by atoms with Gasteiger partial charge in [-0.3, -0.25) is 14.6 Å². The van der Waals surface area contributed by atoms with Crippen molar-refractivity contribution in [3.05, 3.63) is 58.7 Å². The standard InChI is InChI=1S/C17H13F3N2O4/c1-9-15(17(18,19)20)22-12(8-21-9)13(23)7-10-5-3-4-6-11(10)14(24)16(25)26-2/h3-6,8H,7H2,1-2H3. The van der Waals surface area contributed by atoms with E-state index in [1.807, 2.05) is 0 Å². The minimum absolute atomic E-state index is 0.0659. The van der Waals surface area contributed by atoms with E-state index in [0.29, 0.717) is 0 Å². The minimum Gasteiger partial charge on any atom is -0.463 e. The Labute approximate surface area is 146 Å². The monoisotopic (exact) mass is 366 g/mol. The fourth-order valence-corrected chi connectivity index (χ4v) is 2.21. The number of halogens is 3. The van der Waals surface area contributed by atoms with Crippen LogP contribution in [0.4, 0.5) is 13.2 Å². The molecule has 0 aliphatic rings. The molecule has 2 aromatic rings. The first-order chi connectivity index (χ1) is 12.1. The normalized spacial score (nSPS) is 11.1. The number of hydrogen-bond acceptors (Lipinski definition) is 6. The predicted octanol–water partition coefficient (Wildman–Crippen LogP) is 2.58. The Balaban J connectivity index is 2.35. The number of ketones is 2. The molecule has 136 valence electrons. The van der Waals surface area contributed by atoms with Crippen LogP contribution in [0.1, 0.15) is 37.8 Å². The lowest BCUT2D eigenvalue weighted by Gasteiger charge is -2.10. The lowest BCUT2D eigenvalue weighted by Crippen LogP contribution is -2.20. The van der Waals surface area contributed by atoms with Crippen molar-refractivity contribution in [2.45, 2.75) is 19.5 Å². The smallest absolute Gasteiger partial charge is 0.435 e. The predicted molar refractivity (Wildman–Crippen MR) is 82.6 cm³/mol. The number of carbonyl (C=O) groups excluding carboxylic acids is 3. The summed E-state index contributed by atoms with van der Waals surface area (Å²) >= 11 is 0. The van der Waals surface area contributed by atoms with Crippen LogP contribution in [0.2, 0.25) is 0 Å².